The Hall–Kier alpha value is -2.44. The van der Waals surface area contributed by atoms with Crippen molar-refractivity contribution in [1.82, 2.24) is 0 Å². The van der Waals surface area contributed by atoms with Crippen LogP contribution in [-0.2, 0) is 0 Å². The second kappa shape index (κ2) is 8.50. The molecule has 0 aliphatic rings. The summed E-state index contributed by atoms with van der Waals surface area (Å²) < 4.78 is 1.80. The third-order valence-electron chi connectivity index (χ3n) is 3.88. The predicted molar refractivity (Wildman–Crippen MR) is 115 cm³/mol. The van der Waals surface area contributed by atoms with E-state index in [0.717, 1.165) is 14.5 Å². The van der Waals surface area contributed by atoms with Crippen LogP contribution in [0.5, 0.6) is 0 Å². The zero-order chi connectivity index (χ0) is 19.4. The number of halogens is 2. The van der Waals surface area contributed by atoms with Crippen LogP contribution < -0.4 is 10.6 Å². The molecule has 4 nitrogen and oxygen atoms in total. The molecule has 2 amide bonds. The summed E-state index contributed by atoms with van der Waals surface area (Å²) in [5, 5.41) is 5.74. The van der Waals surface area contributed by atoms with Gasteiger partial charge in [-0.1, -0.05) is 37.9 Å². The molecule has 3 aromatic carbocycles. The summed E-state index contributed by atoms with van der Waals surface area (Å²) in [6.07, 6.45) is 0. The maximum atomic E-state index is 12.5. The van der Waals surface area contributed by atoms with Crippen molar-refractivity contribution in [2.24, 2.45) is 0 Å². The fraction of sp³-hybridized carbons (Fsp3) is 0.0476. The highest BCUT2D eigenvalue weighted by Crippen LogP contribution is 2.25. The van der Waals surface area contributed by atoms with Crippen LogP contribution in [0.15, 0.2) is 75.7 Å². The van der Waals surface area contributed by atoms with Gasteiger partial charge < -0.3 is 10.6 Å². The number of aryl methyl sites for hydroxylation is 1. The van der Waals surface area contributed by atoms with E-state index < -0.39 is 0 Å². The number of nitrogens with one attached hydrogen (secondary N) is 2. The first-order valence-corrected chi connectivity index (χ1v) is 9.75. The van der Waals surface area contributed by atoms with Crippen LogP contribution in [0.1, 0.15) is 26.3 Å². The first kappa shape index (κ1) is 19.3. The number of hydrogen-bond donors (Lipinski definition) is 2. The number of carbonyl (C=O) groups is 2. The predicted octanol–water partition coefficient (Wildman–Crippen LogP) is 6.02. The fourth-order valence-electron chi connectivity index (χ4n) is 2.46. The highest BCUT2D eigenvalue weighted by atomic mass is 79.9. The Bertz CT molecular complexity index is 984. The van der Waals surface area contributed by atoms with E-state index in [1.165, 1.54) is 0 Å². The zero-order valence-corrected chi connectivity index (χ0v) is 17.6. The van der Waals surface area contributed by atoms with Crippen molar-refractivity contribution in [3.63, 3.8) is 0 Å². The smallest absolute Gasteiger partial charge is 0.255 e. The first-order valence-electron chi connectivity index (χ1n) is 8.17. The third-order valence-corrected chi connectivity index (χ3v) is 4.94. The molecule has 136 valence electrons. The number of rotatable bonds is 4. The average Bonchev–Trinajstić information content (AvgIpc) is 2.65. The Morgan fingerprint density at radius 3 is 1.59 bits per heavy atom. The van der Waals surface area contributed by atoms with Gasteiger partial charge in [0.15, 0.2) is 0 Å². The van der Waals surface area contributed by atoms with Crippen LogP contribution in [0.3, 0.4) is 0 Å². The Morgan fingerprint density at radius 1 is 0.667 bits per heavy atom. The quantitative estimate of drug-likeness (QED) is 0.472. The van der Waals surface area contributed by atoms with E-state index in [0.29, 0.717) is 22.5 Å². The van der Waals surface area contributed by atoms with Gasteiger partial charge in [-0.3, -0.25) is 9.59 Å². The van der Waals surface area contributed by atoms with Crippen molar-refractivity contribution >= 4 is 55.0 Å². The van der Waals surface area contributed by atoms with Gasteiger partial charge in [0.05, 0.1) is 11.4 Å². The van der Waals surface area contributed by atoms with Crippen molar-refractivity contribution in [2.75, 3.05) is 10.6 Å². The van der Waals surface area contributed by atoms with Gasteiger partial charge >= 0.3 is 0 Å². The van der Waals surface area contributed by atoms with E-state index >= 15 is 0 Å². The van der Waals surface area contributed by atoms with Crippen molar-refractivity contribution in [1.29, 1.82) is 0 Å². The molecular formula is C21H16Br2N2O2. The van der Waals surface area contributed by atoms with Crippen molar-refractivity contribution < 1.29 is 9.59 Å². The highest BCUT2D eigenvalue weighted by molar-refractivity contribution is 9.10. The fourth-order valence-corrected chi connectivity index (χ4v) is 2.99. The Morgan fingerprint density at radius 2 is 1.11 bits per heavy atom. The standard InChI is InChI=1S/C21H16Br2N2O2/c1-13-2-11-18(24-20(26)14-3-7-16(22)8-4-14)19(12-13)25-21(27)15-5-9-17(23)10-6-15/h2-12H,1H3,(H,24,26)(H,25,27). The van der Waals surface area contributed by atoms with Crippen LogP contribution >= 0.6 is 31.9 Å². The molecule has 2 N–H and O–H groups in total. The lowest BCUT2D eigenvalue weighted by Crippen LogP contribution is -2.17. The second-order valence-corrected chi connectivity index (χ2v) is 7.80. The molecule has 3 rings (SSSR count). The lowest BCUT2D eigenvalue weighted by Gasteiger charge is -2.13. The van der Waals surface area contributed by atoms with E-state index in [4.69, 9.17) is 0 Å². The van der Waals surface area contributed by atoms with E-state index in [9.17, 15) is 9.59 Å². The summed E-state index contributed by atoms with van der Waals surface area (Å²) in [6.45, 7) is 1.93. The minimum absolute atomic E-state index is 0.243. The molecule has 0 bridgehead atoms. The maximum Gasteiger partial charge on any atom is 0.255 e. The molecule has 0 atom stereocenters. The minimum Gasteiger partial charge on any atom is -0.320 e. The van der Waals surface area contributed by atoms with Crippen LogP contribution in [0.2, 0.25) is 0 Å². The van der Waals surface area contributed by atoms with Gasteiger partial charge in [0, 0.05) is 20.1 Å². The SMILES string of the molecule is Cc1ccc(NC(=O)c2ccc(Br)cc2)c(NC(=O)c2ccc(Br)cc2)c1. The summed E-state index contributed by atoms with van der Waals surface area (Å²) in [6, 6.07) is 19.6. The molecule has 27 heavy (non-hydrogen) atoms. The lowest BCUT2D eigenvalue weighted by molar-refractivity contribution is 0.101. The molecule has 0 fully saturated rings. The van der Waals surface area contributed by atoms with Gasteiger partial charge in [-0.05, 0) is 73.2 Å². The molecular weight excluding hydrogens is 472 g/mol. The zero-order valence-electron chi connectivity index (χ0n) is 14.4. The Kier molecular flexibility index (Phi) is 6.08. The van der Waals surface area contributed by atoms with Crippen molar-refractivity contribution in [3.8, 4) is 0 Å². The summed E-state index contributed by atoms with van der Waals surface area (Å²) >= 11 is 6.71. The van der Waals surface area contributed by atoms with E-state index in [1.807, 2.05) is 19.1 Å². The monoisotopic (exact) mass is 486 g/mol. The summed E-state index contributed by atoms with van der Waals surface area (Å²) in [7, 11) is 0. The number of amides is 2. The summed E-state index contributed by atoms with van der Waals surface area (Å²) in [5.41, 5.74) is 3.13. The topological polar surface area (TPSA) is 58.2 Å². The van der Waals surface area contributed by atoms with Gasteiger partial charge in [-0.2, -0.15) is 0 Å². The molecule has 3 aromatic rings. The van der Waals surface area contributed by atoms with Crippen LogP contribution in [0.4, 0.5) is 11.4 Å². The van der Waals surface area contributed by atoms with Gasteiger partial charge in [0.1, 0.15) is 0 Å². The van der Waals surface area contributed by atoms with Crippen molar-refractivity contribution in [3.05, 3.63) is 92.4 Å². The van der Waals surface area contributed by atoms with Gasteiger partial charge in [-0.25, -0.2) is 0 Å². The van der Waals surface area contributed by atoms with Gasteiger partial charge in [0.25, 0.3) is 11.8 Å². The molecule has 0 radical (unpaired) electrons. The van der Waals surface area contributed by atoms with E-state index in [1.54, 1.807) is 54.6 Å². The number of carbonyl (C=O) groups excluding carboxylic acids is 2. The van der Waals surface area contributed by atoms with Crippen LogP contribution in [0.25, 0.3) is 0 Å². The Labute approximate surface area is 174 Å². The van der Waals surface area contributed by atoms with Crippen LogP contribution in [-0.4, -0.2) is 11.8 Å². The summed E-state index contributed by atoms with van der Waals surface area (Å²) in [4.78, 5) is 25.0. The number of anilines is 2. The first-order chi connectivity index (χ1) is 12.9. The third kappa shape index (κ3) is 5.05. The number of hydrogen-bond acceptors (Lipinski definition) is 2. The Balaban J connectivity index is 1.82. The van der Waals surface area contributed by atoms with E-state index in [2.05, 4.69) is 42.5 Å². The van der Waals surface area contributed by atoms with Crippen LogP contribution in [0, 0.1) is 6.92 Å². The van der Waals surface area contributed by atoms with Gasteiger partial charge in [0.2, 0.25) is 0 Å². The normalized spacial score (nSPS) is 10.3. The van der Waals surface area contributed by atoms with Crippen molar-refractivity contribution in [2.45, 2.75) is 6.92 Å². The minimum atomic E-state index is -0.245. The largest absolute Gasteiger partial charge is 0.320 e. The molecule has 0 aromatic heterocycles. The maximum absolute atomic E-state index is 12.5. The molecule has 0 saturated carbocycles. The second-order valence-electron chi connectivity index (χ2n) is 5.97. The molecule has 0 saturated heterocycles. The lowest BCUT2D eigenvalue weighted by atomic mass is 10.1. The highest BCUT2D eigenvalue weighted by Gasteiger charge is 2.13. The molecule has 0 aliphatic carbocycles. The molecule has 0 unspecified atom stereocenters. The molecule has 0 heterocycles. The molecule has 0 aliphatic heterocycles. The molecule has 0 spiro atoms. The summed E-state index contributed by atoms with van der Waals surface area (Å²) in [5.74, 6) is -0.488. The van der Waals surface area contributed by atoms with Gasteiger partial charge in [-0.15, -0.1) is 0 Å². The number of benzene rings is 3. The molecule has 6 heteroatoms. The average molecular weight is 488 g/mol. The van der Waals surface area contributed by atoms with E-state index in [-0.39, 0.29) is 11.8 Å².